The van der Waals surface area contributed by atoms with Gasteiger partial charge in [0.2, 0.25) is 11.8 Å². The Morgan fingerprint density at radius 2 is 0.724 bits per heavy atom. The molecule has 2 aliphatic heterocycles. The molecule has 0 unspecified atom stereocenters. The number of carboxylic acid groups (broad SMARTS) is 8. The SMILES string of the molecule is C=CC1=C(C)c2cc3[nH]c(cc4nc(cc5[nH]c(cc1n2)c(C)c5C=C)C(C)=C4CCC(=O)Nc1cc(C(=O)N(CC(=O)O)CC(=O)O)cc(C(=O)N(CC(=O)O)CC(=O)O)c1)c(CCC(=O)Nc1cc(C(=O)N(CC(=O)O)CC(=O)O)cc(C(=O)N(CC(=O)O)CC(=O)O)c1)c3C. The van der Waals surface area contributed by atoms with E-state index in [1.807, 2.05) is 19.9 Å². The zero-order valence-electron chi connectivity index (χ0n) is 52.8. The number of aliphatic carboxylic acids is 8. The molecule has 0 radical (unpaired) electrons. The minimum Gasteiger partial charge on any atom is -0.480 e. The van der Waals surface area contributed by atoms with Gasteiger partial charge in [-0.25, -0.2) is 9.97 Å². The Morgan fingerprint density at radius 3 is 1.10 bits per heavy atom. The lowest BCUT2D eigenvalue weighted by Crippen LogP contribution is -2.40. The van der Waals surface area contributed by atoms with E-state index in [1.165, 1.54) is 0 Å². The number of hydrogen-bond donors (Lipinski definition) is 12. The van der Waals surface area contributed by atoms with E-state index in [-0.39, 0.29) is 42.8 Å². The predicted molar refractivity (Wildman–Crippen MR) is 348 cm³/mol. The number of aryl methyl sites for hydroxylation is 3. The second kappa shape index (κ2) is 30.9. The van der Waals surface area contributed by atoms with Gasteiger partial charge in [-0.05, 0) is 135 Å². The summed E-state index contributed by atoms with van der Waals surface area (Å²) in [5.74, 6) is -19.6. The van der Waals surface area contributed by atoms with Crippen molar-refractivity contribution in [2.45, 2.75) is 53.4 Å². The number of nitrogens with one attached hydrogen (secondary N) is 4. The van der Waals surface area contributed by atoms with Crippen molar-refractivity contribution in [1.82, 2.24) is 39.5 Å². The molecular weight excluding hydrogens is 1280 g/mol. The van der Waals surface area contributed by atoms with Crippen molar-refractivity contribution < 1.29 is 108 Å². The van der Waals surface area contributed by atoms with Crippen molar-refractivity contribution in [2.75, 3.05) is 63.0 Å². The molecule has 8 bridgehead atoms. The molecule has 0 saturated heterocycles. The number of carbonyl (C=O) groups is 14. The van der Waals surface area contributed by atoms with Crippen molar-refractivity contribution >= 4 is 145 Å². The van der Waals surface area contributed by atoms with E-state index in [1.54, 1.807) is 44.2 Å². The summed E-state index contributed by atoms with van der Waals surface area (Å²) in [7, 11) is 0. The second-order valence-corrected chi connectivity index (χ2v) is 22.4. The number of anilines is 2. The molecule has 0 spiro atoms. The standard InChI is InChI=1S/C66H64N10O22/c1-7-41-31(3)45-19-46-33(5)43(9-11-53(77)67-39-15-35(63(95)73(23-55(79)80)24-56(81)82)13-36(16-39)64(96)74(25-57(83)84)26-58(85)86)51(71-46)22-52-44(34(6)48(72-52)21-50-42(8-2)32(4)47(70-50)20-49(41)69-45)10-12-54(78)68-40-17-37(65(97)75(27-59(87)88)28-60(89)90)14-38(18-40)66(98)76(29-61(91)92)30-62(93)94/h7-8,13-22,70-71H,1-2,9-12,23-30H2,3-6H3,(H,67,77)(H,68,78)(H,79,80)(H,81,82)(H,83,84)(H,85,86)(H,87,88)(H,89,90)(H,91,92)(H,93,94). The molecule has 0 aliphatic carbocycles. The van der Waals surface area contributed by atoms with Gasteiger partial charge in [-0.15, -0.1) is 0 Å². The Kier molecular flexibility index (Phi) is 22.9. The Bertz CT molecular complexity index is 4340. The number of aromatic amines is 2. The summed E-state index contributed by atoms with van der Waals surface area (Å²) in [4.78, 5) is 197. The number of hydrogen-bond acceptors (Lipinski definition) is 16. The molecule has 0 saturated carbocycles. The Morgan fingerprint density at radius 1 is 0.398 bits per heavy atom. The van der Waals surface area contributed by atoms with Crippen LogP contribution in [0.15, 0.2) is 79.9 Å². The number of nitrogens with zero attached hydrogens (tertiary/aromatic N) is 6. The summed E-state index contributed by atoms with van der Waals surface area (Å²) in [6.45, 7) is 6.24. The fourth-order valence-corrected chi connectivity index (χ4v) is 11.0. The minimum absolute atomic E-state index is 0.0945. The van der Waals surface area contributed by atoms with E-state index in [0.29, 0.717) is 86.6 Å². The van der Waals surface area contributed by atoms with Crippen LogP contribution in [-0.4, -0.2) is 216 Å². The van der Waals surface area contributed by atoms with Gasteiger partial charge in [0.25, 0.3) is 23.6 Å². The predicted octanol–water partition coefficient (Wildman–Crippen LogP) is 5.06. The average Bonchev–Trinajstić information content (AvgIpc) is 1.59. The molecule has 3 aromatic heterocycles. The Labute approximate surface area is 554 Å². The highest BCUT2D eigenvalue weighted by Crippen LogP contribution is 2.37. The lowest BCUT2D eigenvalue weighted by atomic mass is 9.99. The monoisotopic (exact) mass is 1350 g/mol. The maximum absolute atomic E-state index is 14.3. The quantitative estimate of drug-likeness (QED) is 0.0286. The molecule has 6 amide bonds. The number of carbonyl (C=O) groups excluding carboxylic acids is 6. The summed E-state index contributed by atoms with van der Waals surface area (Å²) in [5, 5.41) is 81.5. The first kappa shape index (κ1) is 72.5. The molecule has 510 valence electrons. The van der Waals surface area contributed by atoms with E-state index in [4.69, 9.17) is 9.97 Å². The van der Waals surface area contributed by atoms with Crippen LogP contribution < -0.4 is 10.6 Å². The molecule has 32 nitrogen and oxygen atoms in total. The summed E-state index contributed by atoms with van der Waals surface area (Å²) >= 11 is 0. The minimum atomic E-state index is -1.62. The van der Waals surface area contributed by atoms with Crippen LogP contribution in [0, 0.1) is 13.8 Å². The van der Waals surface area contributed by atoms with Crippen molar-refractivity contribution in [1.29, 1.82) is 0 Å². The number of H-pyrrole nitrogens is 2. The highest BCUT2D eigenvalue weighted by molar-refractivity contribution is 6.07. The van der Waals surface area contributed by atoms with Gasteiger partial charge in [0.05, 0.1) is 22.8 Å². The van der Waals surface area contributed by atoms with Crippen molar-refractivity contribution in [3.05, 3.63) is 147 Å². The molecule has 2 aromatic carbocycles. The summed E-state index contributed by atoms with van der Waals surface area (Å²) in [5.41, 5.74) is 6.15. The molecule has 5 aromatic rings. The number of rotatable bonds is 30. The smallest absolute Gasteiger partial charge is 0.323 e. The fraction of sp³-hybridized carbons (Fsp3) is 0.242. The normalized spacial score (nSPS) is 11.6. The van der Waals surface area contributed by atoms with Crippen LogP contribution in [0.5, 0.6) is 0 Å². The number of fused-ring (bicyclic) bond motifs is 8. The van der Waals surface area contributed by atoms with Gasteiger partial charge in [-0.2, -0.15) is 0 Å². The van der Waals surface area contributed by atoms with Crippen LogP contribution in [0.2, 0.25) is 0 Å². The first-order valence-corrected chi connectivity index (χ1v) is 29.4. The first-order valence-electron chi connectivity index (χ1n) is 29.4. The van der Waals surface area contributed by atoms with E-state index in [0.717, 1.165) is 53.1 Å². The fourth-order valence-electron chi connectivity index (χ4n) is 11.0. The molecule has 5 heterocycles. The van der Waals surface area contributed by atoms with Gasteiger partial charge in [-0.3, -0.25) is 67.1 Å². The number of benzene rings is 2. The number of amides is 6. The lowest BCUT2D eigenvalue weighted by molar-refractivity contribution is -0.142. The molecule has 98 heavy (non-hydrogen) atoms. The van der Waals surface area contributed by atoms with Gasteiger partial charge in [0, 0.05) is 79.7 Å². The molecule has 0 atom stereocenters. The summed E-state index contributed by atoms with van der Waals surface area (Å²) < 4.78 is 0. The number of allylic oxidation sites excluding steroid dienone is 5. The third-order valence-electron chi connectivity index (χ3n) is 15.4. The largest absolute Gasteiger partial charge is 0.480 e. The molecule has 0 fully saturated rings. The Hall–Kier alpha value is -12.9. The Balaban J connectivity index is 1.34. The number of aromatic nitrogens is 4. The van der Waals surface area contributed by atoms with Crippen LogP contribution in [0.4, 0.5) is 11.4 Å². The van der Waals surface area contributed by atoms with E-state index < -0.39 is 158 Å². The maximum atomic E-state index is 14.3. The lowest BCUT2D eigenvalue weighted by Gasteiger charge is -2.21. The highest BCUT2D eigenvalue weighted by atomic mass is 16.4. The number of carboxylic acids is 8. The average molecular weight is 1350 g/mol. The zero-order chi connectivity index (χ0) is 72.3. The molecule has 7 rings (SSSR count). The molecular formula is C66H64N10O22. The highest BCUT2D eigenvalue weighted by Gasteiger charge is 2.30. The maximum Gasteiger partial charge on any atom is 0.323 e. The van der Waals surface area contributed by atoms with E-state index >= 15 is 0 Å². The van der Waals surface area contributed by atoms with Gasteiger partial charge < -0.3 is 81.1 Å². The summed E-state index contributed by atoms with van der Waals surface area (Å²) in [6, 6.07) is 12.8. The van der Waals surface area contributed by atoms with Crippen LogP contribution in [0.3, 0.4) is 0 Å². The van der Waals surface area contributed by atoms with E-state index in [9.17, 15) is 108 Å². The van der Waals surface area contributed by atoms with Gasteiger partial charge >= 0.3 is 47.8 Å². The van der Waals surface area contributed by atoms with Crippen LogP contribution >= 0.6 is 0 Å². The first-order chi connectivity index (χ1) is 46.1. The molecule has 2 aliphatic rings. The van der Waals surface area contributed by atoms with Crippen LogP contribution in [0.1, 0.15) is 120 Å². The van der Waals surface area contributed by atoms with Gasteiger partial charge in [-0.1, -0.05) is 25.3 Å². The second-order valence-electron chi connectivity index (χ2n) is 22.4. The van der Waals surface area contributed by atoms with Gasteiger partial charge in [0.15, 0.2) is 0 Å². The van der Waals surface area contributed by atoms with Crippen LogP contribution in [0.25, 0.3) is 50.4 Å². The molecule has 32 heteroatoms. The zero-order valence-corrected chi connectivity index (χ0v) is 52.8. The van der Waals surface area contributed by atoms with E-state index in [2.05, 4.69) is 33.8 Å². The van der Waals surface area contributed by atoms with Crippen LogP contribution in [-0.2, 0) is 54.4 Å². The van der Waals surface area contributed by atoms with Gasteiger partial charge in [0.1, 0.15) is 52.4 Å². The van der Waals surface area contributed by atoms with Crippen molar-refractivity contribution in [2.24, 2.45) is 0 Å². The third-order valence-corrected chi connectivity index (χ3v) is 15.4. The molecule has 12 N–H and O–H groups in total. The summed E-state index contributed by atoms with van der Waals surface area (Å²) in [6.07, 6.45) is 2.35. The van der Waals surface area contributed by atoms with Crippen molar-refractivity contribution in [3.63, 3.8) is 0 Å². The third kappa shape index (κ3) is 17.9. The van der Waals surface area contributed by atoms with Crippen molar-refractivity contribution in [3.8, 4) is 0 Å². The topological polar surface area (TPSA) is 495 Å².